The highest BCUT2D eigenvalue weighted by Crippen LogP contribution is 2.25. The molecule has 2 aliphatic heterocycles. The van der Waals surface area contributed by atoms with Crippen LogP contribution in [0, 0.1) is 11.8 Å². The average Bonchev–Trinajstić information content (AvgIpc) is 3.41. The first kappa shape index (κ1) is 27.6. The number of aliphatic hydroxyl groups excluding tert-OH is 1. The molecule has 0 spiro atoms. The molecule has 2 aromatic rings. The van der Waals surface area contributed by atoms with Crippen molar-refractivity contribution >= 4 is 17.8 Å². The van der Waals surface area contributed by atoms with Crippen molar-refractivity contribution in [3.05, 3.63) is 83.9 Å². The van der Waals surface area contributed by atoms with Crippen molar-refractivity contribution in [1.29, 1.82) is 0 Å². The van der Waals surface area contributed by atoms with E-state index in [1.54, 1.807) is 4.90 Å². The van der Waals surface area contributed by atoms with Crippen LogP contribution in [-0.4, -0.2) is 59.6 Å². The minimum absolute atomic E-state index is 0.0465. The molecule has 7 heteroatoms. The molecule has 0 bridgehead atoms. The number of benzene rings is 2. The lowest BCUT2D eigenvalue weighted by atomic mass is 9.94. The van der Waals surface area contributed by atoms with E-state index >= 15 is 0 Å². The Hall–Kier alpha value is -3.45. The molecule has 0 saturated carbocycles. The standard InChI is InChI=1S/C31H38N2O5/c34-21-27(19-24-12-5-2-6-13-24)32-29(35)20-25-14-7-8-15-26(18-23-10-3-1-4-11-23)31(37)38-22-28-16-9-17-33(28)30(25)36/h1-8,10-13,25-28,34H,9,14-22H2,(H,32,35)/t25-,26+,27+,28+/m1/s1. The number of carbonyl (C=O) groups is 3. The van der Waals surface area contributed by atoms with Gasteiger partial charge in [-0.15, -0.1) is 0 Å². The maximum atomic E-state index is 13.5. The molecule has 202 valence electrons. The summed E-state index contributed by atoms with van der Waals surface area (Å²) in [7, 11) is 0. The number of rotatable bonds is 8. The zero-order valence-corrected chi connectivity index (χ0v) is 21.8. The van der Waals surface area contributed by atoms with Gasteiger partial charge in [0.1, 0.15) is 6.61 Å². The second-order valence-electron chi connectivity index (χ2n) is 10.3. The number of aliphatic hydroxyl groups is 1. The van der Waals surface area contributed by atoms with Crippen LogP contribution in [-0.2, 0) is 32.0 Å². The van der Waals surface area contributed by atoms with Crippen molar-refractivity contribution in [2.45, 2.75) is 57.0 Å². The van der Waals surface area contributed by atoms with Gasteiger partial charge in [0.15, 0.2) is 0 Å². The van der Waals surface area contributed by atoms with Crippen molar-refractivity contribution in [2.24, 2.45) is 11.8 Å². The second kappa shape index (κ2) is 13.9. The first-order valence-electron chi connectivity index (χ1n) is 13.6. The first-order chi connectivity index (χ1) is 18.5. The Kier molecular flexibility index (Phi) is 10.1. The molecule has 2 aliphatic rings. The fourth-order valence-corrected chi connectivity index (χ4v) is 5.35. The Bertz CT molecular complexity index is 1090. The number of cyclic esters (lactones) is 1. The third-order valence-corrected chi connectivity index (χ3v) is 7.44. The summed E-state index contributed by atoms with van der Waals surface area (Å²) in [6, 6.07) is 19.0. The normalized spacial score (nSPS) is 23.1. The van der Waals surface area contributed by atoms with Gasteiger partial charge in [0.25, 0.3) is 0 Å². The largest absolute Gasteiger partial charge is 0.463 e. The van der Waals surface area contributed by atoms with Gasteiger partial charge in [-0.05, 0) is 49.7 Å². The van der Waals surface area contributed by atoms with Gasteiger partial charge in [-0.3, -0.25) is 14.4 Å². The Morgan fingerprint density at radius 2 is 1.63 bits per heavy atom. The van der Waals surface area contributed by atoms with Gasteiger partial charge in [0.05, 0.1) is 30.5 Å². The predicted molar refractivity (Wildman–Crippen MR) is 145 cm³/mol. The van der Waals surface area contributed by atoms with Crippen LogP contribution in [0.2, 0.25) is 0 Å². The van der Waals surface area contributed by atoms with Crippen LogP contribution in [0.3, 0.4) is 0 Å². The fraction of sp³-hybridized carbons (Fsp3) is 0.452. The van der Waals surface area contributed by atoms with E-state index in [0.717, 1.165) is 24.0 Å². The SMILES string of the molecule is O=C(C[C@H]1CC=CC[C@@H](Cc2ccccc2)C(=O)OC[C@@H]2CCCN2C1=O)N[C@H](CO)Cc1ccccc1. The first-order valence-corrected chi connectivity index (χ1v) is 13.6. The predicted octanol–water partition coefficient (Wildman–Crippen LogP) is 3.46. The molecular weight excluding hydrogens is 480 g/mol. The van der Waals surface area contributed by atoms with Gasteiger partial charge in [0.2, 0.25) is 11.8 Å². The summed E-state index contributed by atoms with van der Waals surface area (Å²) in [5.41, 5.74) is 2.10. The van der Waals surface area contributed by atoms with Gasteiger partial charge in [-0.25, -0.2) is 0 Å². The molecule has 2 heterocycles. The molecule has 0 aliphatic carbocycles. The van der Waals surface area contributed by atoms with Crippen molar-refractivity contribution in [3.8, 4) is 0 Å². The minimum atomic E-state index is -0.509. The number of hydrogen-bond donors (Lipinski definition) is 2. The van der Waals surface area contributed by atoms with Gasteiger partial charge in [-0.1, -0.05) is 72.8 Å². The van der Waals surface area contributed by atoms with Crippen LogP contribution in [0.5, 0.6) is 0 Å². The topological polar surface area (TPSA) is 95.9 Å². The van der Waals surface area contributed by atoms with E-state index in [2.05, 4.69) is 5.32 Å². The van der Waals surface area contributed by atoms with E-state index in [0.29, 0.717) is 32.2 Å². The lowest BCUT2D eigenvalue weighted by Crippen LogP contribution is -2.45. The number of fused-ring (bicyclic) bond motifs is 1. The Balaban J connectivity index is 1.44. The molecule has 2 aromatic carbocycles. The van der Waals surface area contributed by atoms with Crippen LogP contribution in [0.4, 0.5) is 0 Å². The van der Waals surface area contributed by atoms with Gasteiger partial charge < -0.3 is 20.1 Å². The number of amides is 2. The van der Waals surface area contributed by atoms with E-state index in [1.807, 2.05) is 72.8 Å². The van der Waals surface area contributed by atoms with Gasteiger partial charge in [0, 0.05) is 13.0 Å². The van der Waals surface area contributed by atoms with Crippen LogP contribution in [0.15, 0.2) is 72.8 Å². The lowest BCUT2D eigenvalue weighted by molar-refractivity contribution is -0.152. The minimum Gasteiger partial charge on any atom is -0.463 e. The van der Waals surface area contributed by atoms with E-state index in [4.69, 9.17) is 4.74 Å². The smallest absolute Gasteiger partial charge is 0.309 e. The van der Waals surface area contributed by atoms with Crippen LogP contribution in [0.1, 0.15) is 43.2 Å². The fourth-order valence-electron chi connectivity index (χ4n) is 5.35. The van der Waals surface area contributed by atoms with Crippen molar-refractivity contribution in [2.75, 3.05) is 19.8 Å². The third kappa shape index (κ3) is 7.78. The summed E-state index contributed by atoms with van der Waals surface area (Å²) in [6.45, 7) is 0.604. The van der Waals surface area contributed by atoms with E-state index in [9.17, 15) is 19.5 Å². The number of nitrogens with zero attached hydrogens (tertiary/aromatic N) is 1. The molecule has 1 fully saturated rings. The van der Waals surface area contributed by atoms with Crippen LogP contribution < -0.4 is 5.32 Å². The lowest BCUT2D eigenvalue weighted by Gasteiger charge is -2.29. The molecule has 7 nitrogen and oxygen atoms in total. The second-order valence-corrected chi connectivity index (χ2v) is 10.3. The van der Waals surface area contributed by atoms with Crippen LogP contribution in [0.25, 0.3) is 0 Å². The number of allylic oxidation sites excluding steroid dienone is 2. The van der Waals surface area contributed by atoms with E-state index in [1.165, 1.54) is 0 Å². The molecule has 0 unspecified atom stereocenters. The maximum absolute atomic E-state index is 13.5. The summed E-state index contributed by atoms with van der Waals surface area (Å²) in [6.07, 6.45) is 7.57. The molecule has 0 aromatic heterocycles. The highest BCUT2D eigenvalue weighted by Gasteiger charge is 2.35. The van der Waals surface area contributed by atoms with E-state index < -0.39 is 12.0 Å². The molecule has 1 saturated heterocycles. The summed E-state index contributed by atoms with van der Waals surface area (Å²) in [4.78, 5) is 41.3. The van der Waals surface area contributed by atoms with Gasteiger partial charge >= 0.3 is 5.97 Å². The maximum Gasteiger partial charge on any atom is 0.309 e. The number of ether oxygens (including phenoxy) is 1. The summed E-state index contributed by atoms with van der Waals surface area (Å²) in [5.74, 6) is -1.37. The molecule has 4 rings (SSSR count). The Morgan fingerprint density at radius 1 is 0.974 bits per heavy atom. The summed E-state index contributed by atoms with van der Waals surface area (Å²) in [5, 5.41) is 12.8. The quantitative estimate of drug-likeness (QED) is 0.412. The van der Waals surface area contributed by atoms with Crippen molar-refractivity contribution in [1.82, 2.24) is 10.2 Å². The molecule has 4 atom stereocenters. The van der Waals surface area contributed by atoms with Crippen molar-refractivity contribution < 1.29 is 24.2 Å². The zero-order chi connectivity index (χ0) is 26.7. The summed E-state index contributed by atoms with van der Waals surface area (Å²) >= 11 is 0. The monoisotopic (exact) mass is 518 g/mol. The highest BCUT2D eigenvalue weighted by molar-refractivity contribution is 5.86. The molecule has 2 amide bonds. The Morgan fingerprint density at radius 3 is 2.32 bits per heavy atom. The third-order valence-electron chi connectivity index (χ3n) is 7.44. The summed E-state index contributed by atoms with van der Waals surface area (Å²) < 4.78 is 5.73. The number of carbonyl (C=O) groups excluding carboxylic acids is 3. The highest BCUT2D eigenvalue weighted by atomic mass is 16.5. The number of hydrogen-bond acceptors (Lipinski definition) is 5. The number of nitrogens with one attached hydrogen (secondary N) is 1. The molecule has 0 radical (unpaired) electrons. The van der Waals surface area contributed by atoms with Gasteiger partial charge in [-0.2, -0.15) is 0 Å². The van der Waals surface area contributed by atoms with Crippen LogP contribution >= 0.6 is 0 Å². The van der Waals surface area contributed by atoms with Crippen molar-refractivity contribution in [3.63, 3.8) is 0 Å². The van der Waals surface area contributed by atoms with E-state index in [-0.39, 0.29) is 49.4 Å². The average molecular weight is 519 g/mol. The zero-order valence-electron chi connectivity index (χ0n) is 21.8. The molecule has 2 N–H and O–H groups in total. The number of esters is 1. The Labute approximate surface area is 224 Å². The molecular formula is C31H38N2O5. The molecule has 38 heavy (non-hydrogen) atoms.